The molecule has 0 saturated carbocycles. The van der Waals surface area contributed by atoms with E-state index in [1.807, 2.05) is 0 Å². The summed E-state index contributed by atoms with van der Waals surface area (Å²) in [5.41, 5.74) is 4.67. The Morgan fingerprint density at radius 2 is 1.09 bits per heavy atom. The van der Waals surface area contributed by atoms with E-state index in [9.17, 15) is 0 Å². The number of aromatic nitrogens is 4. The molecule has 2 aromatic carbocycles. The van der Waals surface area contributed by atoms with Crippen LogP contribution in [-0.4, -0.2) is 19.1 Å². The lowest BCUT2D eigenvalue weighted by Crippen LogP contribution is -2.16. The Balaban J connectivity index is 1.65. The zero-order valence-electron chi connectivity index (χ0n) is 12.2. The number of imidazole rings is 2. The van der Waals surface area contributed by atoms with E-state index in [4.69, 9.17) is 9.97 Å². The van der Waals surface area contributed by atoms with Crippen LogP contribution in [0.15, 0.2) is 48.5 Å². The van der Waals surface area contributed by atoms with Gasteiger partial charge >= 0.3 is 0 Å². The summed E-state index contributed by atoms with van der Waals surface area (Å²) in [6.07, 6.45) is 1.89. The molecule has 3 heterocycles. The Morgan fingerprint density at radius 3 is 1.59 bits per heavy atom. The van der Waals surface area contributed by atoms with Crippen LogP contribution in [0, 0.1) is 0 Å². The molecule has 0 amide bonds. The summed E-state index contributed by atoms with van der Waals surface area (Å²) >= 11 is 0. The van der Waals surface area contributed by atoms with Crippen LogP contribution < -0.4 is 0 Å². The molecule has 4 nitrogen and oxygen atoms in total. The molecule has 0 aliphatic carbocycles. The van der Waals surface area contributed by atoms with Crippen LogP contribution in [0.2, 0.25) is 0 Å². The molecule has 1 aliphatic heterocycles. The minimum absolute atomic E-state index is 0.944. The van der Waals surface area contributed by atoms with Gasteiger partial charge in [0.15, 0.2) is 0 Å². The number of hydrogen-bond acceptors (Lipinski definition) is 2. The maximum atomic E-state index is 4.82. The second-order valence-electron chi connectivity index (χ2n) is 5.84. The fraction of sp³-hybridized carbons (Fsp3) is 0.222. The average molecular weight is 288 g/mol. The third-order valence-corrected chi connectivity index (χ3v) is 4.59. The molecular formula is C18H16N4. The van der Waals surface area contributed by atoms with Crippen LogP contribution in [0.5, 0.6) is 0 Å². The van der Waals surface area contributed by atoms with Crippen molar-refractivity contribution in [3.63, 3.8) is 0 Å². The zero-order valence-corrected chi connectivity index (χ0v) is 12.2. The van der Waals surface area contributed by atoms with E-state index in [0.29, 0.717) is 0 Å². The molecule has 4 heteroatoms. The Kier molecular flexibility index (Phi) is 2.41. The van der Waals surface area contributed by atoms with Crippen LogP contribution in [0.4, 0.5) is 0 Å². The van der Waals surface area contributed by atoms with Gasteiger partial charge in [-0.05, 0) is 24.3 Å². The van der Waals surface area contributed by atoms with Crippen molar-refractivity contribution in [1.29, 1.82) is 0 Å². The molecule has 22 heavy (non-hydrogen) atoms. The number of aryl methyl sites for hydroxylation is 4. The Bertz CT molecular complexity index is 911. The second kappa shape index (κ2) is 4.44. The van der Waals surface area contributed by atoms with Gasteiger partial charge in [-0.25, -0.2) is 9.97 Å². The number of benzene rings is 2. The van der Waals surface area contributed by atoms with Gasteiger partial charge < -0.3 is 9.13 Å². The second-order valence-corrected chi connectivity index (χ2v) is 5.84. The first-order valence-electron chi connectivity index (χ1n) is 7.78. The van der Waals surface area contributed by atoms with Gasteiger partial charge in [0.25, 0.3) is 0 Å². The van der Waals surface area contributed by atoms with Crippen molar-refractivity contribution in [1.82, 2.24) is 19.1 Å². The van der Waals surface area contributed by atoms with Crippen molar-refractivity contribution in [2.45, 2.75) is 25.9 Å². The minimum Gasteiger partial charge on any atom is -0.327 e. The largest absolute Gasteiger partial charge is 0.327 e. The zero-order chi connectivity index (χ0) is 14.5. The lowest BCUT2D eigenvalue weighted by molar-refractivity contribution is 0.554. The highest BCUT2D eigenvalue weighted by Gasteiger charge is 2.17. The smallest absolute Gasteiger partial charge is 0.111 e. The number of para-hydroxylation sites is 4. The van der Waals surface area contributed by atoms with Gasteiger partial charge in [0, 0.05) is 25.9 Å². The van der Waals surface area contributed by atoms with Crippen LogP contribution >= 0.6 is 0 Å². The summed E-state index contributed by atoms with van der Waals surface area (Å²) in [7, 11) is 0. The van der Waals surface area contributed by atoms with Gasteiger partial charge in [-0.2, -0.15) is 0 Å². The third-order valence-electron chi connectivity index (χ3n) is 4.59. The lowest BCUT2D eigenvalue weighted by atomic mass is 10.2. The van der Waals surface area contributed by atoms with Gasteiger partial charge in [0.1, 0.15) is 11.6 Å². The van der Waals surface area contributed by atoms with Crippen LogP contribution in [0.25, 0.3) is 22.1 Å². The quantitative estimate of drug-likeness (QED) is 0.498. The number of hydrogen-bond donors (Lipinski definition) is 0. The van der Waals surface area contributed by atoms with Gasteiger partial charge in [0.2, 0.25) is 0 Å². The fourth-order valence-corrected chi connectivity index (χ4v) is 3.56. The summed E-state index contributed by atoms with van der Waals surface area (Å²) in [6, 6.07) is 16.8. The molecule has 108 valence electrons. The van der Waals surface area contributed by atoms with Gasteiger partial charge in [-0.3, -0.25) is 0 Å². The molecule has 0 fully saturated rings. The van der Waals surface area contributed by atoms with Crippen molar-refractivity contribution in [2.24, 2.45) is 0 Å². The summed E-state index contributed by atoms with van der Waals surface area (Å²) in [5, 5.41) is 0. The van der Waals surface area contributed by atoms with E-state index in [0.717, 1.165) is 37.0 Å². The van der Waals surface area contributed by atoms with E-state index < -0.39 is 0 Å². The molecule has 0 bridgehead atoms. The summed E-state index contributed by atoms with van der Waals surface area (Å²) < 4.78 is 4.72. The molecule has 1 aliphatic rings. The number of rotatable bonds is 0. The molecule has 5 rings (SSSR count). The topological polar surface area (TPSA) is 35.6 Å². The standard InChI is InChI=1S/C18H16N4/c1-3-7-15-13(5-1)19-17-9-12-22-16-8-4-2-6-14(16)20-18(22)10-11-21(15)17/h1-8H,9-12H2. The normalized spacial score (nSPS) is 14.5. The predicted octanol–water partition coefficient (Wildman–Crippen LogP) is 3.18. The molecular weight excluding hydrogens is 272 g/mol. The van der Waals surface area contributed by atoms with Crippen molar-refractivity contribution < 1.29 is 0 Å². The highest BCUT2D eigenvalue weighted by molar-refractivity contribution is 5.77. The van der Waals surface area contributed by atoms with E-state index in [2.05, 4.69) is 57.7 Å². The SMILES string of the molecule is c1ccc2c(c1)nc1n2CCc2nc3ccccc3n2CC1. The van der Waals surface area contributed by atoms with Crippen LogP contribution in [0.1, 0.15) is 11.6 Å². The average Bonchev–Trinajstić information content (AvgIpc) is 3.06. The molecule has 2 aromatic heterocycles. The first-order chi connectivity index (χ1) is 10.9. The predicted molar refractivity (Wildman–Crippen MR) is 86.9 cm³/mol. The van der Waals surface area contributed by atoms with Gasteiger partial charge in [0.05, 0.1) is 22.1 Å². The maximum absolute atomic E-state index is 4.82. The monoisotopic (exact) mass is 288 g/mol. The molecule has 0 radical (unpaired) electrons. The summed E-state index contributed by atoms with van der Waals surface area (Å²) in [4.78, 5) is 9.64. The van der Waals surface area contributed by atoms with Crippen molar-refractivity contribution in [3.8, 4) is 0 Å². The highest BCUT2D eigenvalue weighted by Crippen LogP contribution is 2.23. The first kappa shape index (κ1) is 12.0. The third kappa shape index (κ3) is 1.64. The van der Waals surface area contributed by atoms with Crippen molar-refractivity contribution in [2.75, 3.05) is 0 Å². The highest BCUT2D eigenvalue weighted by atomic mass is 15.1. The Morgan fingerprint density at radius 1 is 0.636 bits per heavy atom. The first-order valence-corrected chi connectivity index (χ1v) is 7.78. The van der Waals surface area contributed by atoms with Gasteiger partial charge in [-0.15, -0.1) is 0 Å². The van der Waals surface area contributed by atoms with E-state index >= 15 is 0 Å². The lowest BCUT2D eigenvalue weighted by Gasteiger charge is -2.15. The van der Waals surface area contributed by atoms with E-state index in [1.54, 1.807) is 0 Å². The number of fused-ring (bicyclic) bond motifs is 6. The minimum atomic E-state index is 0.944. The van der Waals surface area contributed by atoms with E-state index in [-0.39, 0.29) is 0 Å². The molecule has 0 unspecified atom stereocenters. The Hall–Kier alpha value is -2.62. The van der Waals surface area contributed by atoms with Crippen molar-refractivity contribution >= 4 is 22.1 Å². The van der Waals surface area contributed by atoms with Crippen LogP contribution in [0.3, 0.4) is 0 Å². The van der Waals surface area contributed by atoms with Crippen LogP contribution in [-0.2, 0) is 25.9 Å². The van der Waals surface area contributed by atoms with E-state index in [1.165, 1.54) is 22.7 Å². The maximum Gasteiger partial charge on any atom is 0.111 e. The van der Waals surface area contributed by atoms with Crippen molar-refractivity contribution in [3.05, 3.63) is 60.2 Å². The summed E-state index contributed by atoms with van der Waals surface area (Å²) in [5.74, 6) is 2.37. The molecule has 0 atom stereocenters. The number of nitrogens with zero attached hydrogens (tertiary/aromatic N) is 4. The fourth-order valence-electron chi connectivity index (χ4n) is 3.56. The summed E-state index contributed by atoms with van der Waals surface area (Å²) in [6.45, 7) is 1.89. The molecule has 0 saturated heterocycles. The molecule has 4 aromatic rings. The molecule has 0 spiro atoms. The molecule has 0 N–H and O–H groups in total. The van der Waals surface area contributed by atoms with Gasteiger partial charge in [-0.1, -0.05) is 24.3 Å². The Labute approximate surface area is 128 Å².